The maximum absolute atomic E-state index is 5.29. The fourth-order valence-electron chi connectivity index (χ4n) is 6.60. The minimum atomic E-state index is -0.796. The average Bonchev–Trinajstić information content (AvgIpc) is 3.45. The Morgan fingerprint density at radius 3 is 1.88 bits per heavy atom. The molecule has 196 valence electrons. The summed E-state index contributed by atoms with van der Waals surface area (Å²) >= 11 is 0. The molecule has 0 N–H and O–H groups in total. The molecule has 0 spiro atoms. The number of hydrogen-bond acceptors (Lipinski definition) is 1. The fourth-order valence-corrected chi connectivity index (χ4v) is 8.92. The van der Waals surface area contributed by atoms with Gasteiger partial charge in [0, 0.05) is 10.8 Å². The molecule has 0 aliphatic rings. The van der Waals surface area contributed by atoms with Crippen LogP contribution in [0.5, 0.6) is 0 Å². The van der Waals surface area contributed by atoms with Gasteiger partial charge in [0.15, 0.2) is 0 Å². The Balaban J connectivity index is 1.31. The number of imidazole rings is 1. The van der Waals surface area contributed by atoms with Crippen LogP contribution in [-0.2, 0) is 0 Å². The molecule has 3 heteroatoms. The molecule has 9 rings (SSSR count). The van der Waals surface area contributed by atoms with Crippen LogP contribution in [0.4, 0.5) is 0 Å². The second-order valence-electron chi connectivity index (χ2n) is 10.9. The van der Waals surface area contributed by atoms with Crippen LogP contribution in [0.15, 0.2) is 152 Å². The molecule has 2 nitrogen and oxygen atoms in total. The lowest BCUT2D eigenvalue weighted by Crippen LogP contribution is -2.20. The Labute approximate surface area is 244 Å². The predicted molar refractivity (Wildman–Crippen MR) is 181 cm³/mol. The Bertz CT molecular complexity index is 2480. The first-order valence-corrected chi connectivity index (χ1v) is 15.7. The molecule has 0 aliphatic heterocycles. The van der Waals surface area contributed by atoms with Crippen LogP contribution in [0.3, 0.4) is 0 Å². The quantitative estimate of drug-likeness (QED) is 0.158. The van der Waals surface area contributed by atoms with E-state index in [0.717, 1.165) is 16.7 Å². The average molecular weight is 553 g/mol. The van der Waals surface area contributed by atoms with Gasteiger partial charge in [-0.05, 0) is 75.0 Å². The van der Waals surface area contributed by atoms with Crippen LogP contribution in [0.2, 0.25) is 0 Å². The summed E-state index contributed by atoms with van der Waals surface area (Å²) in [5, 5.41) is 12.8. The standard InChI is InChI=1S/C39H25N2P/c1-2-11-28(12-3-1)42(29-21-20-27-19-18-26-10-4-5-13-31(26)35(27)24-29)30-22-23-38-36(25-30)40-39-34-16-7-6-14-32(34)33-15-8-9-17-37(33)41(38)39/h1-25H. The molecule has 0 saturated heterocycles. The van der Waals surface area contributed by atoms with Gasteiger partial charge in [0.2, 0.25) is 0 Å². The van der Waals surface area contributed by atoms with Gasteiger partial charge in [0.05, 0.1) is 16.6 Å². The Hall–Kier alpha value is -5.04. The van der Waals surface area contributed by atoms with Crippen molar-refractivity contribution in [2.24, 2.45) is 0 Å². The van der Waals surface area contributed by atoms with Gasteiger partial charge in [-0.3, -0.25) is 4.40 Å². The number of fused-ring (bicyclic) bond motifs is 11. The van der Waals surface area contributed by atoms with Gasteiger partial charge >= 0.3 is 0 Å². The Morgan fingerprint density at radius 2 is 1.02 bits per heavy atom. The second-order valence-corrected chi connectivity index (χ2v) is 13.1. The molecule has 0 fully saturated rings. The number of rotatable bonds is 3. The maximum atomic E-state index is 5.29. The number of benzene rings is 7. The van der Waals surface area contributed by atoms with Crippen molar-refractivity contribution in [3.05, 3.63) is 152 Å². The molecule has 1 atom stereocenters. The molecule has 2 heterocycles. The van der Waals surface area contributed by atoms with Crippen molar-refractivity contribution >= 4 is 83.7 Å². The zero-order valence-corrected chi connectivity index (χ0v) is 23.7. The fraction of sp³-hybridized carbons (Fsp3) is 0. The minimum Gasteiger partial charge on any atom is -0.292 e. The van der Waals surface area contributed by atoms with Crippen molar-refractivity contribution in [3.8, 4) is 0 Å². The lowest BCUT2D eigenvalue weighted by molar-refractivity contribution is 1.31. The Morgan fingerprint density at radius 1 is 0.405 bits per heavy atom. The zero-order valence-electron chi connectivity index (χ0n) is 22.8. The molecule has 9 aromatic rings. The van der Waals surface area contributed by atoms with Crippen molar-refractivity contribution in [2.75, 3.05) is 0 Å². The predicted octanol–water partition coefficient (Wildman–Crippen LogP) is 8.86. The van der Waals surface area contributed by atoms with E-state index in [-0.39, 0.29) is 0 Å². The van der Waals surface area contributed by atoms with Crippen molar-refractivity contribution < 1.29 is 0 Å². The normalized spacial score (nSPS) is 12.7. The van der Waals surface area contributed by atoms with E-state index in [2.05, 4.69) is 156 Å². The molecule has 0 radical (unpaired) electrons. The molecular formula is C39H25N2P. The molecule has 0 saturated carbocycles. The van der Waals surface area contributed by atoms with Gasteiger partial charge in [-0.15, -0.1) is 0 Å². The van der Waals surface area contributed by atoms with E-state index in [1.807, 2.05) is 0 Å². The van der Waals surface area contributed by atoms with Crippen LogP contribution >= 0.6 is 7.92 Å². The largest absolute Gasteiger partial charge is 0.292 e. The maximum Gasteiger partial charge on any atom is 0.146 e. The van der Waals surface area contributed by atoms with Gasteiger partial charge in [0.1, 0.15) is 5.65 Å². The van der Waals surface area contributed by atoms with Gasteiger partial charge in [-0.1, -0.05) is 127 Å². The van der Waals surface area contributed by atoms with E-state index in [1.54, 1.807) is 0 Å². The van der Waals surface area contributed by atoms with Gasteiger partial charge in [-0.2, -0.15) is 0 Å². The Kier molecular flexibility index (Phi) is 5.20. The zero-order chi connectivity index (χ0) is 27.6. The third-order valence-corrected chi connectivity index (χ3v) is 10.9. The van der Waals surface area contributed by atoms with Gasteiger partial charge in [-0.25, -0.2) is 4.98 Å². The van der Waals surface area contributed by atoms with Crippen LogP contribution in [-0.4, -0.2) is 9.38 Å². The van der Waals surface area contributed by atoms with Gasteiger partial charge in [0.25, 0.3) is 0 Å². The summed E-state index contributed by atoms with van der Waals surface area (Å²) < 4.78 is 2.34. The summed E-state index contributed by atoms with van der Waals surface area (Å²) in [6, 6.07) is 55.4. The van der Waals surface area contributed by atoms with E-state index in [1.165, 1.54) is 59.1 Å². The number of nitrogens with zero attached hydrogens (tertiary/aromatic N) is 2. The molecule has 42 heavy (non-hydrogen) atoms. The first-order valence-electron chi connectivity index (χ1n) is 14.3. The monoisotopic (exact) mass is 552 g/mol. The highest BCUT2D eigenvalue weighted by molar-refractivity contribution is 7.79. The summed E-state index contributed by atoms with van der Waals surface area (Å²) in [5.41, 5.74) is 4.37. The van der Waals surface area contributed by atoms with Crippen molar-refractivity contribution in [1.82, 2.24) is 9.38 Å². The summed E-state index contributed by atoms with van der Waals surface area (Å²) in [4.78, 5) is 5.29. The third kappa shape index (κ3) is 3.52. The molecule has 1 unspecified atom stereocenters. The van der Waals surface area contributed by atoms with E-state index in [9.17, 15) is 0 Å². The number of aromatic nitrogens is 2. The van der Waals surface area contributed by atoms with E-state index >= 15 is 0 Å². The van der Waals surface area contributed by atoms with E-state index in [0.29, 0.717) is 0 Å². The third-order valence-electron chi connectivity index (χ3n) is 8.50. The van der Waals surface area contributed by atoms with Crippen LogP contribution in [0.25, 0.3) is 59.9 Å². The molecule has 2 aromatic heterocycles. The molecule has 0 aliphatic carbocycles. The molecular weight excluding hydrogens is 527 g/mol. The first kappa shape index (κ1) is 23.6. The first-order chi connectivity index (χ1) is 20.8. The highest BCUT2D eigenvalue weighted by atomic mass is 31.1. The van der Waals surface area contributed by atoms with Gasteiger partial charge < -0.3 is 0 Å². The summed E-state index contributed by atoms with van der Waals surface area (Å²) in [7, 11) is -0.796. The number of hydrogen-bond donors (Lipinski definition) is 0. The lowest BCUT2D eigenvalue weighted by Gasteiger charge is -2.20. The molecule has 0 amide bonds. The summed E-state index contributed by atoms with van der Waals surface area (Å²) in [5.74, 6) is 0. The van der Waals surface area contributed by atoms with Crippen molar-refractivity contribution in [2.45, 2.75) is 0 Å². The minimum absolute atomic E-state index is 0.796. The van der Waals surface area contributed by atoms with Crippen LogP contribution < -0.4 is 15.9 Å². The smallest absolute Gasteiger partial charge is 0.146 e. The molecule has 7 aromatic carbocycles. The highest BCUT2D eigenvalue weighted by Crippen LogP contribution is 2.37. The van der Waals surface area contributed by atoms with Crippen molar-refractivity contribution in [1.29, 1.82) is 0 Å². The SMILES string of the molecule is c1ccc(P(c2ccc3c(c2)nc2c4ccccc4c4ccccc4n32)c2ccc3ccc4ccccc4c3c2)cc1. The summed E-state index contributed by atoms with van der Waals surface area (Å²) in [6.45, 7) is 0. The topological polar surface area (TPSA) is 17.3 Å². The molecule has 0 bridgehead atoms. The highest BCUT2D eigenvalue weighted by Gasteiger charge is 2.20. The van der Waals surface area contributed by atoms with Crippen molar-refractivity contribution in [3.63, 3.8) is 0 Å². The number of pyridine rings is 1. The van der Waals surface area contributed by atoms with E-state index in [4.69, 9.17) is 4.98 Å². The van der Waals surface area contributed by atoms with Crippen LogP contribution in [0.1, 0.15) is 0 Å². The number of para-hydroxylation sites is 1. The lowest BCUT2D eigenvalue weighted by atomic mass is 10.0. The summed E-state index contributed by atoms with van der Waals surface area (Å²) in [6.07, 6.45) is 0. The van der Waals surface area contributed by atoms with Crippen LogP contribution in [0, 0.1) is 0 Å². The second kappa shape index (κ2) is 9.24. The van der Waals surface area contributed by atoms with E-state index < -0.39 is 7.92 Å².